The standard InChI is InChI=1S/C14H23BrN4/c1-3-4-13-17-12(15)9-14(18-13)16-10-11-5-7-19(2)8-6-11/h9,11H,3-8,10H2,1-2H3,(H,16,17,18). The average molecular weight is 327 g/mol. The zero-order chi connectivity index (χ0) is 13.7. The topological polar surface area (TPSA) is 41.1 Å². The largest absolute Gasteiger partial charge is 0.370 e. The van der Waals surface area contributed by atoms with Crippen molar-refractivity contribution in [1.82, 2.24) is 14.9 Å². The van der Waals surface area contributed by atoms with Gasteiger partial charge < -0.3 is 10.2 Å². The van der Waals surface area contributed by atoms with Crippen LogP contribution in [0.3, 0.4) is 0 Å². The van der Waals surface area contributed by atoms with E-state index < -0.39 is 0 Å². The second-order valence-corrected chi connectivity index (χ2v) is 6.18. The number of hydrogen-bond donors (Lipinski definition) is 1. The molecule has 106 valence electrons. The SMILES string of the molecule is CCCc1nc(Br)cc(NCC2CCN(C)CC2)n1. The number of aromatic nitrogens is 2. The lowest BCUT2D eigenvalue weighted by Crippen LogP contribution is -2.33. The van der Waals surface area contributed by atoms with Crippen LogP contribution in [0.4, 0.5) is 5.82 Å². The third kappa shape index (κ3) is 4.73. The van der Waals surface area contributed by atoms with E-state index in [2.05, 4.69) is 50.1 Å². The van der Waals surface area contributed by atoms with Crippen molar-refractivity contribution in [3.8, 4) is 0 Å². The fourth-order valence-corrected chi connectivity index (χ4v) is 2.83. The number of aryl methyl sites for hydroxylation is 1. The lowest BCUT2D eigenvalue weighted by atomic mass is 9.97. The number of piperidine rings is 1. The van der Waals surface area contributed by atoms with Gasteiger partial charge in [-0.25, -0.2) is 9.97 Å². The van der Waals surface area contributed by atoms with Crippen LogP contribution in [-0.4, -0.2) is 41.5 Å². The molecule has 4 nitrogen and oxygen atoms in total. The molecule has 0 aromatic carbocycles. The first-order chi connectivity index (χ1) is 9.17. The van der Waals surface area contributed by atoms with E-state index in [9.17, 15) is 0 Å². The molecule has 0 aliphatic carbocycles. The molecule has 0 radical (unpaired) electrons. The van der Waals surface area contributed by atoms with Crippen LogP contribution in [0.2, 0.25) is 0 Å². The van der Waals surface area contributed by atoms with E-state index in [1.165, 1.54) is 25.9 Å². The van der Waals surface area contributed by atoms with Crippen molar-refractivity contribution in [3.05, 3.63) is 16.5 Å². The van der Waals surface area contributed by atoms with Crippen LogP contribution in [0.5, 0.6) is 0 Å². The van der Waals surface area contributed by atoms with Crippen molar-refractivity contribution in [2.45, 2.75) is 32.6 Å². The minimum Gasteiger partial charge on any atom is -0.370 e. The van der Waals surface area contributed by atoms with Gasteiger partial charge in [0, 0.05) is 19.0 Å². The number of anilines is 1. The van der Waals surface area contributed by atoms with Crippen LogP contribution in [-0.2, 0) is 6.42 Å². The lowest BCUT2D eigenvalue weighted by molar-refractivity contribution is 0.226. The summed E-state index contributed by atoms with van der Waals surface area (Å²) in [7, 11) is 2.20. The van der Waals surface area contributed by atoms with Gasteiger partial charge in [0.1, 0.15) is 16.2 Å². The quantitative estimate of drug-likeness (QED) is 0.844. The smallest absolute Gasteiger partial charge is 0.132 e. The highest BCUT2D eigenvalue weighted by atomic mass is 79.9. The number of halogens is 1. The number of hydrogen-bond acceptors (Lipinski definition) is 4. The first-order valence-electron chi connectivity index (χ1n) is 7.13. The van der Waals surface area contributed by atoms with E-state index in [0.717, 1.165) is 41.5 Å². The first-order valence-corrected chi connectivity index (χ1v) is 7.92. The molecule has 0 spiro atoms. The van der Waals surface area contributed by atoms with Crippen molar-refractivity contribution in [2.24, 2.45) is 5.92 Å². The molecular weight excluding hydrogens is 304 g/mol. The van der Waals surface area contributed by atoms with Gasteiger partial charge in [0.05, 0.1) is 0 Å². The summed E-state index contributed by atoms with van der Waals surface area (Å²) in [4.78, 5) is 11.3. The minimum absolute atomic E-state index is 0.763. The third-order valence-electron chi connectivity index (χ3n) is 3.62. The van der Waals surface area contributed by atoms with Gasteiger partial charge in [0.2, 0.25) is 0 Å². The summed E-state index contributed by atoms with van der Waals surface area (Å²) in [6.45, 7) is 5.58. The van der Waals surface area contributed by atoms with Crippen LogP contribution in [0.25, 0.3) is 0 Å². The van der Waals surface area contributed by atoms with Gasteiger partial charge in [-0.1, -0.05) is 6.92 Å². The lowest BCUT2D eigenvalue weighted by Gasteiger charge is -2.29. The summed E-state index contributed by atoms with van der Waals surface area (Å²) >= 11 is 3.46. The molecular formula is C14H23BrN4. The van der Waals surface area contributed by atoms with Crippen LogP contribution < -0.4 is 5.32 Å². The average Bonchev–Trinajstić information content (AvgIpc) is 2.38. The zero-order valence-corrected chi connectivity index (χ0v) is 13.4. The maximum absolute atomic E-state index is 4.56. The second-order valence-electron chi connectivity index (χ2n) is 5.37. The van der Waals surface area contributed by atoms with Crippen molar-refractivity contribution < 1.29 is 0 Å². The molecule has 0 amide bonds. The molecule has 0 bridgehead atoms. The molecule has 2 heterocycles. The number of likely N-dealkylation sites (tertiary alicyclic amines) is 1. The fourth-order valence-electron chi connectivity index (χ4n) is 2.41. The summed E-state index contributed by atoms with van der Waals surface area (Å²) in [5, 5.41) is 3.47. The van der Waals surface area contributed by atoms with Gasteiger partial charge in [-0.05, 0) is 61.2 Å². The van der Waals surface area contributed by atoms with Crippen molar-refractivity contribution in [1.29, 1.82) is 0 Å². The van der Waals surface area contributed by atoms with Crippen molar-refractivity contribution >= 4 is 21.7 Å². The van der Waals surface area contributed by atoms with E-state index in [-0.39, 0.29) is 0 Å². The van der Waals surface area contributed by atoms with Crippen molar-refractivity contribution in [3.63, 3.8) is 0 Å². The molecule has 5 heteroatoms. The Morgan fingerprint density at radius 1 is 1.37 bits per heavy atom. The Labute approximate surface area is 124 Å². The number of rotatable bonds is 5. The van der Waals surface area contributed by atoms with Gasteiger partial charge in [0.25, 0.3) is 0 Å². The van der Waals surface area contributed by atoms with Gasteiger partial charge in [0.15, 0.2) is 0 Å². The van der Waals surface area contributed by atoms with Crippen LogP contribution in [0.15, 0.2) is 10.7 Å². The Morgan fingerprint density at radius 2 is 2.11 bits per heavy atom. The molecule has 1 fully saturated rings. The molecule has 0 unspecified atom stereocenters. The van der Waals surface area contributed by atoms with Crippen LogP contribution in [0, 0.1) is 5.92 Å². The molecule has 2 rings (SSSR count). The van der Waals surface area contributed by atoms with E-state index in [4.69, 9.17) is 0 Å². The zero-order valence-electron chi connectivity index (χ0n) is 11.8. The Bertz CT molecular complexity index is 402. The highest BCUT2D eigenvalue weighted by Gasteiger charge is 2.16. The van der Waals surface area contributed by atoms with Gasteiger partial charge in [-0.2, -0.15) is 0 Å². The molecule has 1 aromatic rings. The monoisotopic (exact) mass is 326 g/mol. The maximum atomic E-state index is 4.56. The third-order valence-corrected chi connectivity index (χ3v) is 4.03. The Balaban J connectivity index is 1.88. The number of nitrogens with one attached hydrogen (secondary N) is 1. The maximum Gasteiger partial charge on any atom is 0.132 e. The van der Waals surface area contributed by atoms with E-state index in [1.54, 1.807) is 0 Å². The highest BCUT2D eigenvalue weighted by molar-refractivity contribution is 9.10. The summed E-state index contributed by atoms with van der Waals surface area (Å²) in [5.41, 5.74) is 0. The Kier molecular flexibility index (Phi) is 5.58. The molecule has 1 aliphatic heterocycles. The van der Waals surface area contributed by atoms with E-state index in [1.807, 2.05) is 6.07 Å². The summed E-state index contributed by atoms with van der Waals surface area (Å²) in [6.07, 6.45) is 4.56. The van der Waals surface area contributed by atoms with Crippen molar-refractivity contribution in [2.75, 3.05) is 32.0 Å². The predicted molar refractivity (Wildman–Crippen MR) is 82.4 cm³/mol. The van der Waals surface area contributed by atoms with Gasteiger partial charge >= 0.3 is 0 Å². The van der Waals surface area contributed by atoms with Crippen LogP contribution in [0.1, 0.15) is 32.0 Å². The molecule has 1 N–H and O–H groups in total. The second kappa shape index (κ2) is 7.20. The molecule has 0 atom stereocenters. The Hall–Kier alpha value is -0.680. The first kappa shape index (κ1) is 14.7. The normalized spacial score (nSPS) is 17.6. The summed E-state index contributed by atoms with van der Waals surface area (Å²) in [5.74, 6) is 2.63. The predicted octanol–water partition coefficient (Wildman–Crippen LogP) is 2.95. The van der Waals surface area contributed by atoms with Crippen LogP contribution >= 0.6 is 15.9 Å². The molecule has 19 heavy (non-hydrogen) atoms. The van der Waals surface area contributed by atoms with Gasteiger partial charge in [-0.3, -0.25) is 0 Å². The summed E-state index contributed by atoms with van der Waals surface area (Å²) in [6, 6.07) is 1.97. The summed E-state index contributed by atoms with van der Waals surface area (Å²) < 4.78 is 0.872. The van der Waals surface area contributed by atoms with Gasteiger partial charge in [-0.15, -0.1) is 0 Å². The molecule has 1 saturated heterocycles. The molecule has 0 saturated carbocycles. The number of nitrogens with zero attached hydrogens (tertiary/aromatic N) is 3. The van der Waals surface area contributed by atoms with E-state index >= 15 is 0 Å². The highest BCUT2D eigenvalue weighted by Crippen LogP contribution is 2.18. The Morgan fingerprint density at radius 3 is 2.79 bits per heavy atom. The molecule has 1 aromatic heterocycles. The minimum atomic E-state index is 0.763. The van der Waals surface area contributed by atoms with E-state index in [0.29, 0.717) is 0 Å². The fraction of sp³-hybridized carbons (Fsp3) is 0.714. The molecule has 1 aliphatic rings.